The number of carbonyl (C=O) groups is 2. The second-order valence-electron chi connectivity index (χ2n) is 8.73. The lowest BCUT2D eigenvalue weighted by molar-refractivity contribution is -0.150. The lowest BCUT2D eigenvalue weighted by Gasteiger charge is -2.58. The van der Waals surface area contributed by atoms with Gasteiger partial charge in [-0.15, -0.1) is 0 Å². The van der Waals surface area contributed by atoms with Gasteiger partial charge in [-0.05, 0) is 67.8 Å². The van der Waals surface area contributed by atoms with E-state index in [0.717, 1.165) is 38.5 Å². The quantitative estimate of drug-likeness (QED) is 0.781. The Morgan fingerprint density at radius 1 is 1.17 bits per heavy atom. The maximum Gasteiger partial charge on any atom is 0.307 e. The number of aliphatic carboxylic acids is 1. The molecule has 4 nitrogen and oxygen atoms in total. The molecule has 23 heavy (non-hydrogen) atoms. The monoisotopic (exact) mass is 317 g/mol. The fraction of sp³-hybridized carbons (Fsp3) is 0.789. The van der Waals surface area contributed by atoms with Gasteiger partial charge >= 0.3 is 5.97 Å². The fourth-order valence-corrected chi connectivity index (χ4v) is 6.74. The summed E-state index contributed by atoms with van der Waals surface area (Å²) in [7, 11) is 0. The first kappa shape index (κ1) is 15.2. The predicted octanol–water partition coefficient (Wildman–Crippen LogP) is 2.98. The highest BCUT2D eigenvalue weighted by Gasteiger charge is 2.60. The van der Waals surface area contributed by atoms with Gasteiger partial charge < -0.3 is 10.4 Å². The van der Waals surface area contributed by atoms with Crippen molar-refractivity contribution in [1.29, 1.82) is 0 Å². The molecule has 0 aromatic carbocycles. The van der Waals surface area contributed by atoms with E-state index < -0.39 is 5.97 Å². The summed E-state index contributed by atoms with van der Waals surface area (Å²) in [5, 5.41) is 12.8. The van der Waals surface area contributed by atoms with Gasteiger partial charge in [-0.2, -0.15) is 0 Å². The number of hydrogen-bond donors (Lipinski definition) is 2. The van der Waals surface area contributed by atoms with Crippen molar-refractivity contribution < 1.29 is 14.7 Å². The van der Waals surface area contributed by atoms with Crippen LogP contribution in [0.1, 0.15) is 52.4 Å². The largest absolute Gasteiger partial charge is 0.481 e. The maximum absolute atomic E-state index is 11.7. The van der Waals surface area contributed by atoms with Gasteiger partial charge in [-0.1, -0.05) is 19.9 Å². The zero-order chi connectivity index (χ0) is 16.4. The summed E-state index contributed by atoms with van der Waals surface area (Å²) >= 11 is 0. The molecule has 1 aliphatic heterocycles. The first-order valence-electron chi connectivity index (χ1n) is 9.09. The number of rotatable bonds is 1. The van der Waals surface area contributed by atoms with Crippen LogP contribution in [0.2, 0.25) is 0 Å². The van der Waals surface area contributed by atoms with E-state index in [2.05, 4.69) is 25.2 Å². The van der Waals surface area contributed by atoms with Crippen molar-refractivity contribution in [2.45, 2.75) is 58.4 Å². The first-order valence-corrected chi connectivity index (χ1v) is 9.09. The van der Waals surface area contributed by atoms with Crippen LogP contribution in [0.15, 0.2) is 12.2 Å². The van der Waals surface area contributed by atoms with Crippen molar-refractivity contribution in [3.05, 3.63) is 12.2 Å². The van der Waals surface area contributed by atoms with Gasteiger partial charge in [-0.3, -0.25) is 9.59 Å². The Kier molecular flexibility index (Phi) is 3.20. The van der Waals surface area contributed by atoms with Crippen molar-refractivity contribution in [1.82, 2.24) is 5.32 Å². The molecule has 3 fully saturated rings. The van der Waals surface area contributed by atoms with E-state index in [0.29, 0.717) is 17.8 Å². The predicted molar refractivity (Wildman–Crippen MR) is 86.6 cm³/mol. The normalized spacial score (nSPS) is 51.4. The average Bonchev–Trinajstić information content (AvgIpc) is 2.85. The lowest BCUT2D eigenvalue weighted by Crippen LogP contribution is -2.59. The molecule has 0 radical (unpaired) electrons. The van der Waals surface area contributed by atoms with Gasteiger partial charge in [0.1, 0.15) is 0 Å². The molecule has 4 heteroatoms. The molecule has 7 atom stereocenters. The van der Waals surface area contributed by atoms with Crippen LogP contribution < -0.4 is 5.32 Å². The van der Waals surface area contributed by atoms with Crippen LogP contribution in [0, 0.1) is 34.5 Å². The minimum Gasteiger partial charge on any atom is -0.481 e. The molecule has 3 aliphatic carbocycles. The standard InChI is InChI=1S/C19H27NO3/c1-18-9-7-13-11(12(18)4-5-14(18)17(22)23)3-6-15-19(13,2)10-8-16(21)20-15/h8,10-15H,3-7,9H2,1-2H3,(H,20,21)(H,22,23)/t11-,12-,13?,14+,15+,18-,19+/m0/s1. The van der Waals surface area contributed by atoms with Crippen molar-refractivity contribution in [2.75, 3.05) is 0 Å². The summed E-state index contributed by atoms with van der Waals surface area (Å²) in [6.45, 7) is 4.53. The molecule has 0 spiro atoms. The second-order valence-corrected chi connectivity index (χ2v) is 8.73. The Labute approximate surface area is 137 Å². The van der Waals surface area contributed by atoms with Crippen LogP contribution in [0.25, 0.3) is 0 Å². The van der Waals surface area contributed by atoms with E-state index >= 15 is 0 Å². The van der Waals surface area contributed by atoms with Crippen molar-refractivity contribution >= 4 is 11.9 Å². The number of carboxylic acid groups (broad SMARTS) is 1. The minimum absolute atomic E-state index is 0.0299. The number of amides is 1. The molecule has 1 amide bonds. The highest BCUT2D eigenvalue weighted by molar-refractivity contribution is 5.89. The molecular formula is C19H27NO3. The highest BCUT2D eigenvalue weighted by Crippen LogP contribution is 2.64. The molecule has 0 saturated heterocycles. The number of hydrogen-bond acceptors (Lipinski definition) is 2. The van der Waals surface area contributed by atoms with Crippen molar-refractivity contribution in [2.24, 2.45) is 34.5 Å². The van der Waals surface area contributed by atoms with Crippen LogP contribution in [0.3, 0.4) is 0 Å². The lowest BCUT2D eigenvalue weighted by atomic mass is 9.48. The number of fused-ring (bicyclic) bond motifs is 5. The van der Waals surface area contributed by atoms with Gasteiger partial charge in [0.25, 0.3) is 0 Å². The average molecular weight is 317 g/mol. The van der Waals surface area contributed by atoms with Crippen LogP contribution in [0.5, 0.6) is 0 Å². The smallest absolute Gasteiger partial charge is 0.307 e. The van der Waals surface area contributed by atoms with Gasteiger partial charge in [-0.25, -0.2) is 0 Å². The van der Waals surface area contributed by atoms with Crippen LogP contribution in [-0.4, -0.2) is 23.0 Å². The first-order chi connectivity index (χ1) is 10.9. The third-order valence-electron chi connectivity index (χ3n) is 7.98. The summed E-state index contributed by atoms with van der Waals surface area (Å²) in [5.74, 6) is 0.992. The molecule has 1 heterocycles. The molecule has 4 aliphatic rings. The van der Waals surface area contributed by atoms with E-state index in [1.54, 1.807) is 6.08 Å². The topological polar surface area (TPSA) is 66.4 Å². The van der Waals surface area contributed by atoms with Crippen molar-refractivity contribution in [3.63, 3.8) is 0 Å². The third-order valence-corrected chi connectivity index (χ3v) is 7.98. The van der Waals surface area contributed by atoms with E-state index in [1.165, 1.54) is 0 Å². The van der Waals surface area contributed by atoms with Crippen LogP contribution in [0.4, 0.5) is 0 Å². The van der Waals surface area contributed by atoms with E-state index in [4.69, 9.17) is 0 Å². The SMILES string of the molecule is C[C@]12CCC3[C@@H](CC[C@H]4NC(=O)C=C[C@]34C)[C@@H]1CC[C@@H]2C(=O)O. The molecule has 4 rings (SSSR count). The van der Waals surface area contributed by atoms with E-state index in [-0.39, 0.29) is 28.7 Å². The molecule has 0 aromatic rings. The molecule has 126 valence electrons. The van der Waals surface area contributed by atoms with E-state index in [9.17, 15) is 14.7 Å². The molecular weight excluding hydrogens is 290 g/mol. The summed E-state index contributed by atoms with van der Waals surface area (Å²) in [6.07, 6.45) is 10.0. The Bertz CT molecular complexity index is 585. The van der Waals surface area contributed by atoms with Gasteiger partial charge in [0.15, 0.2) is 0 Å². The Balaban J connectivity index is 1.66. The van der Waals surface area contributed by atoms with E-state index in [1.807, 2.05) is 0 Å². The summed E-state index contributed by atoms with van der Waals surface area (Å²) in [4.78, 5) is 23.4. The summed E-state index contributed by atoms with van der Waals surface area (Å²) in [5.41, 5.74) is 0.0112. The molecule has 0 bridgehead atoms. The number of carboxylic acids is 1. The molecule has 0 aromatic heterocycles. The second kappa shape index (κ2) is 4.84. The molecule has 2 N–H and O–H groups in total. The fourth-order valence-electron chi connectivity index (χ4n) is 6.74. The Hall–Kier alpha value is -1.32. The van der Waals surface area contributed by atoms with Gasteiger partial charge in [0, 0.05) is 11.5 Å². The summed E-state index contributed by atoms with van der Waals surface area (Å²) < 4.78 is 0. The van der Waals surface area contributed by atoms with Gasteiger partial charge in [0.05, 0.1) is 5.92 Å². The zero-order valence-electron chi connectivity index (χ0n) is 14.0. The van der Waals surface area contributed by atoms with Crippen LogP contribution in [-0.2, 0) is 9.59 Å². The summed E-state index contributed by atoms with van der Waals surface area (Å²) in [6, 6.07) is 0.252. The molecule has 3 saturated carbocycles. The third kappa shape index (κ3) is 1.96. The van der Waals surface area contributed by atoms with Gasteiger partial charge in [0.2, 0.25) is 5.91 Å². The van der Waals surface area contributed by atoms with Crippen LogP contribution >= 0.6 is 0 Å². The molecule has 1 unspecified atom stereocenters. The number of carbonyl (C=O) groups excluding carboxylic acids is 1. The minimum atomic E-state index is -0.599. The maximum atomic E-state index is 11.7. The highest BCUT2D eigenvalue weighted by atomic mass is 16.4. The number of nitrogens with one attached hydrogen (secondary N) is 1. The Morgan fingerprint density at radius 2 is 1.96 bits per heavy atom. The van der Waals surface area contributed by atoms with Crippen molar-refractivity contribution in [3.8, 4) is 0 Å². The zero-order valence-corrected chi connectivity index (χ0v) is 14.0. The Morgan fingerprint density at radius 3 is 2.70 bits per heavy atom.